The number of aromatic nitrogens is 2. The van der Waals surface area contributed by atoms with Crippen LogP contribution in [0, 0.1) is 0 Å². The molecule has 1 fully saturated rings. The molecule has 2 N–H and O–H groups in total. The van der Waals surface area contributed by atoms with Crippen LogP contribution in [0.1, 0.15) is 35.7 Å². The third-order valence-corrected chi connectivity index (χ3v) is 5.41. The van der Waals surface area contributed by atoms with Crippen LogP contribution in [0.4, 0.5) is 5.69 Å². The van der Waals surface area contributed by atoms with Crippen LogP contribution in [0.15, 0.2) is 41.7 Å². The maximum atomic E-state index is 12.2. The number of anilines is 1. The van der Waals surface area contributed by atoms with Crippen molar-refractivity contribution < 1.29 is 4.79 Å². The summed E-state index contributed by atoms with van der Waals surface area (Å²) in [5.41, 5.74) is 3.00. The molecule has 8 heteroatoms. The number of nitrogens with one attached hydrogen (secondary N) is 2. The lowest BCUT2D eigenvalue weighted by molar-refractivity contribution is 0.0827. The Hall–Kier alpha value is -3.03. The number of hydrogen-bond donors (Lipinski definition) is 2. The summed E-state index contributed by atoms with van der Waals surface area (Å²) in [6.07, 6.45) is 7.04. The predicted molar refractivity (Wildman–Crippen MR) is 126 cm³/mol. The summed E-state index contributed by atoms with van der Waals surface area (Å²) in [5, 5.41) is 11.3. The summed E-state index contributed by atoms with van der Waals surface area (Å²) in [6, 6.07) is 8.15. The number of carbonyl (C=O) groups excluding carboxylic acids is 1. The topological polar surface area (TPSA) is 77.8 Å². The van der Waals surface area contributed by atoms with Gasteiger partial charge in [-0.15, -0.1) is 0 Å². The van der Waals surface area contributed by atoms with Crippen molar-refractivity contribution in [2.75, 3.05) is 45.2 Å². The van der Waals surface area contributed by atoms with Gasteiger partial charge in [0.05, 0.1) is 11.9 Å². The fraction of sp³-hybridized carbons (Fsp3) is 0.522. The van der Waals surface area contributed by atoms with Gasteiger partial charge in [0.15, 0.2) is 5.96 Å². The number of guanidine groups is 1. The van der Waals surface area contributed by atoms with Crippen molar-refractivity contribution in [2.45, 2.75) is 32.2 Å². The Balaban J connectivity index is 1.57. The summed E-state index contributed by atoms with van der Waals surface area (Å²) in [6.45, 7) is 5.55. The molecule has 0 saturated carbocycles. The second-order valence-electron chi connectivity index (χ2n) is 8.21. The zero-order chi connectivity index (χ0) is 22.2. The molecule has 1 amide bonds. The molecule has 1 atom stereocenters. The lowest BCUT2D eigenvalue weighted by Crippen LogP contribution is -2.51. The minimum absolute atomic E-state index is 0.0239. The average Bonchev–Trinajstić information content (AvgIpc) is 3.20. The van der Waals surface area contributed by atoms with Crippen molar-refractivity contribution in [1.82, 2.24) is 25.3 Å². The van der Waals surface area contributed by atoms with Crippen molar-refractivity contribution in [2.24, 2.45) is 12.0 Å². The zero-order valence-electron chi connectivity index (χ0n) is 19.1. The molecule has 0 radical (unpaired) electrons. The molecule has 8 nitrogen and oxygen atoms in total. The van der Waals surface area contributed by atoms with Gasteiger partial charge in [0, 0.05) is 65.1 Å². The van der Waals surface area contributed by atoms with E-state index in [0.717, 1.165) is 50.4 Å². The number of aliphatic imine (C=N–C) groups is 1. The third kappa shape index (κ3) is 6.47. The van der Waals surface area contributed by atoms with Crippen LogP contribution in [0.25, 0.3) is 0 Å². The van der Waals surface area contributed by atoms with Gasteiger partial charge in [-0.25, -0.2) is 0 Å². The highest BCUT2D eigenvalue weighted by Crippen LogP contribution is 2.19. The molecule has 1 saturated heterocycles. The number of nitrogens with zero attached hydrogens (tertiary/aromatic N) is 5. The number of hydrogen-bond acceptors (Lipinski definition) is 4. The van der Waals surface area contributed by atoms with Gasteiger partial charge in [-0.05, 0) is 43.9 Å². The Kier molecular flexibility index (Phi) is 7.92. The van der Waals surface area contributed by atoms with E-state index in [1.165, 1.54) is 5.69 Å². The molecular weight excluding hydrogens is 390 g/mol. The number of carbonyl (C=O) groups is 1. The van der Waals surface area contributed by atoms with Gasteiger partial charge in [0.1, 0.15) is 0 Å². The first-order valence-corrected chi connectivity index (χ1v) is 11.0. The number of rotatable bonds is 7. The number of benzene rings is 1. The van der Waals surface area contributed by atoms with Gasteiger partial charge < -0.3 is 20.4 Å². The molecular formula is C23H35N7O. The highest BCUT2D eigenvalue weighted by molar-refractivity contribution is 5.94. The van der Waals surface area contributed by atoms with Gasteiger partial charge >= 0.3 is 0 Å². The Morgan fingerprint density at radius 3 is 2.90 bits per heavy atom. The van der Waals surface area contributed by atoms with Crippen LogP contribution in [0.2, 0.25) is 0 Å². The summed E-state index contributed by atoms with van der Waals surface area (Å²) in [4.78, 5) is 20.9. The molecule has 1 aromatic carbocycles. The van der Waals surface area contributed by atoms with E-state index in [9.17, 15) is 4.79 Å². The van der Waals surface area contributed by atoms with Crippen LogP contribution in [0.5, 0.6) is 0 Å². The maximum Gasteiger partial charge on any atom is 0.253 e. The molecule has 0 bridgehead atoms. The third-order valence-electron chi connectivity index (χ3n) is 5.41. The fourth-order valence-corrected chi connectivity index (χ4v) is 3.83. The Labute approximate surface area is 185 Å². The number of aryl methyl sites for hydroxylation is 1. The average molecular weight is 426 g/mol. The van der Waals surface area contributed by atoms with E-state index in [4.69, 9.17) is 4.99 Å². The summed E-state index contributed by atoms with van der Waals surface area (Å²) < 4.78 is 1.85. The number of piperidine rings is 1. The minimum atomic E-state index is 0.0239. The molecule has 0 spiro atoms. The lowest BCUT2D eigenvalue weighted by atomic mass is 10.1. The molecule has 2 heterocycles. The SMILES string of the molecule is CCNC(=NCCc1cccc(C(=O)N(C)C)c1)NC1CCCN(c2cnn(C)c2)C1. The molecule has 1 aliphatic heterocycles. The summed E-state index contributed by atoms with van der Waals surface area (Å²) in [7, 11) is 5.49. The zero-order valence-corrected chi connectivity index (χ0v) is 19.1. The molecule has 1 aromatic heterocycles. The van der Waals surface area contributed by atoms with Crippen LogP contribution < -0.4 is 15.5 Å². The van der Waals surface area contributed by atoms with Crippen LogP contribution in [-0.2, 0) is 13.5 Å². The maximum absolute atomic E-state index is 12.2. The second-order valence-corrected chi connectivity index (χ2v) is 8.21. The second kappa shape index (κ2) is 10.8. The Morgan fingerprint density at radius 2 is 2.19 bits per heavy atom. The summed E-state index contributed by atoms with van der Waals surface area (Å²) >= 11 is 0. The highest BCUT2D eigenvalue weighted by atomic mass is 16.2. The quantitative estimate of drug-likeness (QED) is 0.523. The lowest BCUT2D eigenvalue weighted by Gasteiger charge is -2.34. The first-order valence-electron chi connectivity index (χ1n) is 11.0. The van der Waals surface area contributed by atoms with Gasteiger partial charge in [-0.3, -0.25) is 14.5 Å². The minimum Gasteiger partial charge on any atom is -0.367 e. The van der Waals surface area contributed by atoms with Gasteiger partial charge in [0.2, 0.25) is 0 Å². The Morgan fingerprint density at radius 1 is 1.35 bits per heavy atom. The first kappa shape index (κ1) is 22.7. The standard InChI is InChI=1S/C23H35N7O/c1-5-24-23(25-12-11-18-8-6-9-19(14-18)22(31)28(2)3)27-20-10-7-13-30(16-20)21-15-26-29(4)17-21/h6,8-9,14-15,17,20H,5,7,10-13,16H2,1-4H3,(H2,24,25,27). The molecule has 3 rings (SSSR count). The smallest absolute Gasteiger partial charge is 0.253 e. The van der Waals surface area contributed by atoms with Crippen molar-refractivity contribution >= 4 is 17.6 Å². The normalized spacial score (nSPS) is 16.8. The van der Waals surface area contributed by atoms with E-state index >= 15 is 0 Å². The van der Waals surface area contributed by atoms with Crippen molar-refractivity contribution in [1.29, 1.82) is 0 Å². The largest absolute Gasteiger partial charge is 0.367 e. The number of amides is 1. The van der Waals surface area contributed by atoms with Crippen molar-refractivity contribution in [3.63, 3.8) is 0 Å². The molecule has 1 unspecified atom stereocenters. The van der Waals surface area contributed by atoms with Crippen molar-refractivity contribution in [3.8, 4) is 0 Å². The van der Waals surface area contributed by atoms with Crippen LogP contribution >= 0.6 is 0 Å². The van der Waals surface area contributed by atoms with Gasteiger partial charge in [-0.1, -0.05) is 12.1 Å². The van der Waals surface area contributed by atoms with E-state index in [2.05, 4.69) is 39.8 Å². The monoisotopic (exact) mass is 425 g/mol. The molecule has 31 heavy (non-hydrogen) atoms. The van der Waals surface area contributed by atoms with E-state index in [1.807, 2.05) is 36.1 Å². The van der Waals surface area contributed by atoms with E-state index in [-0.39, 0.29) is 5.91 Å². The van der Waals surface area contributed by atoms with Gasteiger partial charge in [-0.2, -0.15) is 5.10 Å². The Bertz CT molecular complexity index is 890. The fourth-order valence-electron chi connectivity index (χ4n) is 3.83. The van der Waals surface area contributed by atoms with Gasteiger partial charge in [0.25, 0.3) is 5.91 Å². The molecule has 168 valence electrons. The molecule has 1 aliphatic rings. The summed E-state index contributed by atoms with van der Waals surface area (Å²) in [5.74, 6) is 0.872. The molecule has 0 aliphatic carbocycles. The van der Waals surface area contributed by atoms with E-state index in [1.54, 1.807) is 19.0 Å². The highest BCUT2D eigenvalue weighted by Gasteiger charge is 2.21. The van der Waals surface area contributed by atoms with Crippen molar-refractivity contribution in [3.05, 3.63) is 47.8 Å². The van der Waals surface area contributed by atoms with E-state index in [0.29, 0.717) is 18.2 Å². The van der Waals surface area contributed by atoms with E-state index < -0.39 is 0 Å². The first-order chi connectivity index (χ1) is 15.0. The molecule has 2 aromatic rings. The predicted octanol–water partition coefficient (Wildman–Crippen LogP) is 1.89. The van der Waals surface area contributed by atoms with Crippen LogP contribution in [0.3, 0.4) is 0 Å². The van der Waals surface area contributed by atoms with Crippen LogP contribution in [-0.4, -0.2) is 72.9 Å².